The van der Waals surface area contributed by atoms with Crippen LogP contribution in [0.5, 0.6) is 5.75 Å². The number of rotatable bonds is 2. The van der Waals surface area contributed by atoms with E-state index in [1.165, 1.54) is 5.56 Å². The largest absolute Gasteiger partial charge is 0.491 e. The first-order valence-electron chi connectivity index (χ1n) is 6.63. The van der Waals surface area contributed by atoms with Crippen molar-refractivity contribution in [3.05, 3.63) is 53.1 Å². The van der Waals surface area contributed by atoms with Gasteiger partial charge in [0.25, 0.3) is 0 Å². The average Bonchev–Trinajstić information content (AvgIpc) is 2.69. The summed E-state index contributed by atoms with van der Waals surface area (Å²) >= 11 is 9.75. The molecular formula is C16H15BrClNO. The number of alkyl halides is 1. The number of halogens is 2. The van der Waals surface area contributed by atoms with Gasteiger partial charge in [0.05, 0.1) is 12.3 Å². The molecule has 0 amide bonds. The molecule has 3 rings (SSSR count). The zero-order valence-electron chi connectivity index (χ0n) is 11.0. The van der Waals surface area contributed by atoms with E-state index in [2.05, 4.69) is 33.0 Å². The van der Waals surface area contributed by atoms with Crippen LogP contribution in [0.1, 0.15) is 12.0 Å². The molecule has 0 aliphatic carbocycles. The summed E-state index contributed by atoms with van der Waals surface area (Å²) < 4.78 is 5.82. The van der Waals surface area contributed by atoms with Crippen molar-refractivity contribution in [2.75, 3.05) is 18.1 Å². The fraction of sp³-hybridized carbons (Fsp3) is 0.250. The smallest absolute Gasteiger partial charge is 0.142 e. The van der Waals surface area contributed by atoms with Gasteiger partial charge in [-0.3, -0.25) is 0 Å². The summed E-state index contributed by atoms with van der Waals surface area (Å²) in [6.07, 6.45) is 0.989. The molecule has 104 valence electrons. The number of fused-ring (bicyclic) bond motifs is 1. The minimum absolute atomic E-state index is 0.748. The number of ether oxygens (including phenoxy) is 1. The molecule has 0 bridgehead atoms. The Balaban J connectivity index is 2.12. The predicted octanol–water partition coefficient (Wildman–Crippen LogP) is 5.16. The minimum atomic E-state index is 0.748. The lowest BCUT2D eigenvalue weighted by Gasteiger charge is -2.26. The molecule has 0 spiro atoms. The van der Waals surface area contributed by atoms with E-state index in [1.54, 1.807) is 0 Å². The SMILES string of the molecule is Clc1ccc(CBr)c(N2CCCOc3ccccc32)c1. The van der Waals surface area contributed by atoms with Gasteiger partial charge in [0, 0.05) is 22.6 Å². The van der Waals surface area contributed by atoms with Crippen LogP contribution in [0, 0.1) is 0 Å². The van der Waals surface area contributed by atoms with Crippen LogP contribution >= 0.6 is 27.5 Å². The summed E-state index contributed by atoms with van der Waals surface area (Å²) in [6, 6.07) is 14.2. The van der Waals surface area contributed by atoms with Crippen LogP contribution in [0.2, 0.25) is 5.02 Å². The van der Waals surface area contributed by atoms with Gasteiger partial charge >= 0.3 is 0 Å². The van der Waals surface area contributed by atoms with Crippen LogP contribution in [-0.4, -0.2) is 13.2 Å². The highest BCUT2D eigenvalue weighted by Crippen LogP contribution is 2.38. The summed E-state index contributed by atoms with van der Waals surface area (Å²) in [4.78, 5) is 2.30. The van der Waals surface area contributed by atoms with Gasteiger partial charge in [-0.2, -0.15) is 0 Å². The first-order chi connectivity index (χ1) is 9.79. The first kappa shape index (κ1) is 13.8. The van der Waals surface area contributed by atoms with Crippen LogP contribution in [0.3, 0.4) is 0 Å². The Hall–Kier alpha value is -1.19. The van der Waals surface area contributed by atoms with E-state index in [9.17, 15) is 0 Å². The van der Waals surface area contributed by atoms with E-state index >= 15 is 0 Å². The van der Waals surface area contributed by atoms with Crippen molar-refractivity contribution in [2.45, 2.75) is 11.8 Å². The Labute approximate surface area is 132 Å². The zero-order valence-corrected chi connectivity index (χ0v) is 13.3. The zero-order chi connectivity index (χ0) is 13.9. The van der Waals surface area contributed by atoms with E-state index in [-0.39, 0.29) is 0 Å². The van der Waals surface area contributed by atoms with Gasteiger partial charge in [0.1, 0.15) is 5.75 Å². The van der Waals surface area contributed by atoms with Crippen LogP contribution in [-0.2, 0) is 5.33 Å². The summed E-state index contributed by atoms with van der Waals surface area (Å²) in [7, 11) is 0. The molecule has 20 heavy (non-hydrogen) atoms. The molecule has 0 atom stereocenters. The molecule has 1 aliphatic heterocycles. The Bertz CT molecular complexity index is 617. The van der Waals surface area contributed by atoms with Crippen LogP contribution in [0.25, 0.3) is 0 Å². The van der Waals surface area contributed by atoms with Crippen molar-refractivity contribution in [3.8, 4) is 5.75 Å². The Kier molecular flexibility index (Phi) is 4.18. The molecule has 1 aliphatic rings. The summed E-state index contributed by atoms with van der Waals surface area (Å²) in [5.74, 6) is 0.936. The van der Waals surface area contributed by atoms with Gasteiger partial charge in [-0.05, 0) is 36.2 Å². The van der Waals surface area contributed by atoms with Crippen molar-refractivity contribution >= 4 is 38.9 Å². The first-order valence-corrected chi connectivity index (χ1v) is 8.13. The highest BCUT2D eigenvalue weighted by molar-refractivity contribution is 9.08. The highest BCUT2D eigenvalue weighted by Gasteiger charge is 2.19. The van der Waals surface area contributed by atoms with Crippen molar-refractivity contribution in [1.82, 2.24) is 0 Å². The van der Waals surface area contributed by atoms with Gasteiger partial charge in [0.2, 0.25) is 0 Å². The predicted molar refractivity (Wildman–Crippen MR) is 87.6 cm³/mol. The third-order valence-corrected chi connectivity index (χ3v) is 4.26. The molecule has 2 aromatic rings. The average molecular weight is 353 g/mol. The van der Waals surface area contributed by atoms with Crippen molar-refractivity contribution < 1.29 is 4.74 Å². The van der Waals surface area contributed by atoms with Gasteiger partial charge < -0.3 is 9.64 Å². The topological polar surface area (TPSA) is 12.5 Å². The van der Waals surface area contributed by atoms with Crippen LogP contribution < -0.4 is 9.64 Å². The lowest BCUT2D eigenvalue weighted by molar-refractivity contribution is 0.322. The van der Waals surface area contributed by atoms with E-state index in [4.69, 9.17) is 16.3 Å². The van der Waals surface area contributed by atoms with E-state index in [0.717, 1.165) is 47.0 Å². The highest BCUT2D eigenvalue weighted by atomic mass is 79.9. The number of hydrogen-bond acceptors (Lipinski definition) is 2. The minimum Gasteiger partial charge on any atom is -0.491 e. The van der Waals surface area contributed by atoms with Gasteiger partial charge in [-0.15, -0.1) is 0 Å². The molecule has 2 nitrogen and oxygen atoms in total. The summed E-state index contributed by atoms with van der Waals surface area (Å²) in [5, 5.41) is 1.56. The van der Waals surface area contributed by atoms with Gasteiger partial charge in [0.15, 0.2) is 0 Å². The fourth-order valence-electron chi connectivity index (χ4n) is 2.48. The van der Waals surface area contributed by atoms with Crippen molar-refractivity contribution in [3.63, 3.8) is 0 Å². The number of para-hydroxylation sites is 2. The van der Waals surface area contributed by atoms with Crippen LogP contribution in [0.15, 0.2) is 42.5 Å². The maximum absolute atomic E-state index is 6.19. The Morgan fingerprint density at radius 3 is 2.85 bits per heavy atom. The number of hydrogen-bond donors (Lipinski definition) is 0. The molecule has 0 saturated heterocycles. The van der Waals surface area contributed by atoms with Crippen molar-refractivity contribution in [1.29, 1.82) is 0 Å². The monoisotopic (exact) mass is 351 g/mol. The quantitative estimate of drug-likeness (QED) is 0.693. The summed E-state index contributed by atoms with van der Waals surface area (Å²) in [6.45, 7) is 1.68. The standard InChI is InChI=1S/C16H15BrClNO/c17-11-12-6-7-13(18)10-15(12)19-8-3-9-20-16-5-2-1-4-14(16)19/h1-2,4-7,10H,3,8-9,11H2. The molecule has 0 N–H and O–H groups in total. The number of nitrogens with zero attached hydrogens (tertiary/aromatic N) is 1. The second kappa shape index (κ2) is 6.06. The fourth-order valence-corrected chi connectivity index (χ4v) is 3.12. The van der Waals surface area contributed by atoms with Crippen LogP contribution in [0.4, 0.5) is 11.4 Å². The van der Waals surface area contributed by atoms with E-state index < -0.39 is 0 Å². The third-order valence-electron chi connectivity index (χ3n) is 3.42. The lowest BCUT2D eigenvalue weighted by atomic mass is 10.1. The number of anilines is 2. The number of benzene rings is 2. The third kappa shape index (κ3) is 2.65. The molecule has 2 aromatic carbocycles. The Morgan fingerprint density at radius 1 is 1.15 bits per heavy atom. The second-order valence-corrected chi connectivity index (χ2v) is 5.73. The molecule has 0 radical (unpaired) electrons. The maximum atomic E-state index is 6.19. The molecule has 1 heterocycles. The maximum Gasteiger partial charge on any atom is 0.142 e. The normalized spacial score (nSPS) is 14.4. The molecular weight excluding hydrogens is 338 g/mol. The molecule has 4 heteroatoms. The molecule has 0 fully saturated rings. The molecule has 0 unspecified atom stereocenters. The van der Waals surface area contributed by atoms with Gasteiger partial charge in [-0.25, -0.2) is 0 Å². The van der Waals surface area contributed by atoms with E-state index in [1.807, 2.05) is 30.3 Å². The Morgan fingerprint density at radius 2 is 2.00 bits per heavy atom. The van der Waals surface area contributed by atoms with Crippen molar-refractivity contribution in [2.24, 2.45) is 0 Å². The molecule has 0 saturated carbocycles. The lowest BCUT2D eigenvalue weighted by Crippen LogP contribution is -2.19. The summed E-state index contributed by atoms with van der Waals surface area (Å²) in [5.41, 5.74) is 3.48. The second-order valence-electron chi connectivity index (χ2n) is 4.73. The molecule has 0 aromatic heterocycles. The van der Waals surface area contributed by atoms with Gasteiger partial charge in [-0.1, -0.05) is 45.7 Å². The van der Waals surface area contributed by atoms with E-state index in [0.29, 0.717) is 0 Å².